The van der Waals surface area contributed by atoms with Crippen molar-refractivity contribution in [2.24, 2.45) is 5.92 Å². The molecular weight excluding hydrogens is 325 g/mol. The Hall–Kier alpha value is -0.970. The average molecular weight is 348 g/mol. The van der Waals surface area contributed by atoms with Crippen molar-refractivity contribution >= 4 is 7.60 Å². The predicted molar refractivity (Wildman–Crippen MR) is 83.8 cm³/mol. The Labute approximate surface area is 135 Å². The van der Waals surface area contributed by atoms with Crippen LogP contribution in [0.4, 0.5) is 8.78 Å². The molecule has 0 unspecified atom stereocenters. The van der Waals surface area contributed by atoms with Crippen LogP contribution in [0.5, 0.6) is 5.75 Å². The largest absolute Gasteiger partial charge is 0.490 e. The first-order valence-electron chi connectivity index (χ1n) is 7.93. The van der Waals surface area contributed by atoms with Crippen molar-refractivity contribution in [2.45, 2.75) is 44.9 Å². The van der Waals surface area contributed by atoms with E-state index in [1.54, 1.807) is 13.0 Å². The Morgan fingerprint density at radius 2 is 1.87 bits per heavy atom. The van der Waals surface area contributed by atoms with Gasteiger partial charge in [0.2, 0.25) is 5.82 Å². The van der Waals surface area contributed by atoms with Gasteiger partial charge in [0.05, 0.1) is 12.8 Å². The van der Waals surface area contributed by atoms with Crippen LogP contribution in [0.3, 0.4) is 0 Å². The van der Waals surface area contributed by atoms with Crippen LogP contribution >= 0.6 is 7.60 Å². The normalized spacial score (nSPS) is 18.0. The van der Waals surface area contributed by atoms with Gasteiger partial charge in [-0.3, -0.25) is 4.57 Å². The fourth-order valence-corrected chi connectivity index (χ4v) is 4.00. The van der Waals surface area contributed by atoms with Gasteiger partial charge in [-0.15, -0.1) is 0 Å². The third-order valence-electron chi connectivity index (χ3n) is 4.19. The number of rotatable bonds is 6. The smallest absolute Gasteiger partial charge is 0.325 e. The van der Waals surface area contributed by atoms with Gasteiger partial charge in [0.15, 0.2) is 11.6 Å². The first-order chi connectivity index (χ1) is 10.8. The molecule has 0 spiro atoms. The quantitative estimate of drug-likeness (QED) is 0.756. The highest BCUT2D eigenvalue weighted by Crippen LogP contribution is 2.38. The molecule has 0 radical (unpaired) electrons. The molecule has 1 aromatic rings. The van der Waals surface area contributed by atoms with Crippen molar-refractivity contribution < 1.29 is 27.9 Å². The monoisotopic (exact) mass is 348 g/mol. The molecule has 1 atom stereocenters. The molecule has 0 heterocycles. The zero-order valence-electron chi connectivity index (χ0n) is 13.2. The molecule has 1 fully saturated rings. The van der Waals surface area contributed by atoms with E-state index < -0.39 is 25.1 Å². The van der Waals surface area contributed by atoms with Crippen LogP contribution < -0.4 is 4.74 Å². The van der Waals surface area contributed by atoms with Gasteiger partial charge in [-0.1, -0.05) is 32.3 Å². The third kappa shape index (κ3) is 5.27. The van der Waals surface area contributed by atoms with Crippen LogP contribution in [0.15, 0.2) is 12.1 Å². The fraction of sp³-hybridized carbons (Fsp3) is 0.625. The van der Waals surface area contributed by atoms with E-state index in [2.05, 4.69) is 0 Å². The topological polar surface area (TPSA) is 66.8 Å². The van der Waals surface area contributed by atoms with Crippen LogP contribution in [0.25, 0.3) is 0 Å². The number of hydrogen-bond acceptors (Lipinski definition) is 2. The van der Waals surface area contributed by atoms with Crippen LogP contribution in [0, 0.1) is 17.6 Å². The van der Waals surface area contributed by atoms with Gasteiger partial charge in [0.1, 0.15) is 0 Å². The molecule has 0 aliphatic heterocycles. The summed E-state index contributed by atoms with van der Waals surface area (Å²) in [5.74, 6) is -2.50. The number of benzene rings is 1. The molecule has 23 heavy (non-hydrogen) atoms. The van der Waals surface area contributed by atoms with E-state index in [9.17, 15) is 13.3 Å². The summed E-state index contributed by atoms with van der Waals surface area (Å²) in [6.07, 6.45) is 4.59. The highest BCUT2D eigenvalue weighted by atomic mass is 31.2. The lowest BCUT2D eigenvalue weighted by Crippen LogP contribution is -2.14. The summed E-state index contributed by atoms with van der Waals surface area (Å²) in [4.78, 5) is 17.8. The molecule has 7 heteroatoms. The average Bonchev–Trinajstić information content (AvgIpc) is 2.48. The van der Waals surface area contributed by atoms with E-state index >= 15 is 0 Å². The summed E-state index contributed by atoms with van der Waals surface area (Å²) < 4.78 is 44.5. The van der Waals surface area contributed by atoms with Gasteiger partial charge in [-0.25, -0.2) is 4.39 Å². The summed E-state index contributed by atoms with van der Waals surface area (Å²) in [6, 6.07) is 2.98. The van der Waals surface area contributed by atoms with Gasteiger partial charge in [0, 0.05) is 5.92 Å². The number of halogens is 2. The lowest BCUT2D eigenvalue weighted by atomic mass is 9.84. The van der Waals surface area contributed by atoms with Crippen molar-refractivity contribution in [1.29, 1.82) is 0 Å². The van der Waals surface area contributed by atoms with E-state index in [0.717, 1.165) is 32.1 Å². The third-order valence-corrected chi connectivity index (χ3v) is 5.29. The summed E-state index contributed by atoms with van der Waals surface area (Å²) in [6.45, 7) is 1.51. The zero-order valence-corrected chi connectivity index (χ0v) is 14.1. The van der Waals surface area contributed by atoms with Crippen molar-refractivity contribution in [3.8, 4) is 5.75 Å². The molecule has 1 aromatic carbocycles. The Morgan fingerprint density at radius 3 is 2.48 bits per heavy atom. The maximum absolute atomic E-state index is 14.3. The molecular formula is C16H23F2O4P. The van der Waals surface area contributed by atoms with Gasteiger partial charge in [-0.2, -0.15) is 4.39 Å². The first-order valence-corrected chi connectivity index (χ1v) is 9.73. The molecule has 1 aliphatic rings. The highest BCUT2D eigenvalue weighted by Gasteiger charge is 2.24. The second-order valence-electron chi connectivity index (χ2n) is 6.38. The van der Waals surface area contributed by atoms with E-state index in [0.29, 0.717) is 5.56 Å². The second-order valence-corrected chi connectivity index (χ2v) is 8.07. The van der Waals surface area contributed by atoms with Crippen LogP contribution in [0.2, 0.25) is 0 Å². The van der Waals surface area contributed by atoms with E-state index in [1.807, 2.05) is 0 Å². The summed E-state index contributed by atoms with van der Waals surface area (Å²) in [5.41, 5.74) is 0.401. The van der Waals surface area contributed by atoms with Crippen LogP contribution in [-0.2, 0) is 4.57 Å². The van der Waals surface area contributed by atoms with Gasteiger partial charge < -0.3 is 14.5 Å². The maximum Gasteiger partial charge on any atom is 0.325 e. The first kappa shape index (κ1) is 18.4. The van der Waals surface area contributed by atoms with Gasteiger partial charge >= 0.3 is 7.60 Å². The molecule has 0 aromatic heterocycles. The molecule has 0 amide bonds. The lowest BCUT2D eigenvalue weighted by Gasteiger charge is -2.23. The standard InChI is InChI=1S/C16H23F2O4P/c1-11(10-23(19,20)21)9-22-14-8-7-13(15(17)16(14)18)12-5-3-2-4-6-12/h7-8,11-12H,2-6,9-10H2,1H3,(H2,19,20,21)/t11-/m1/s1. The highest BCUT2D eigenvalue weighted by molar-refractivity contribution is 7.51. The minimum atomic E-state index is -4.14. The van der Waals surface area contributed by atoms with Crippen molar-refractivity contribution in [3.05, 3.63) is 29.3 Å². The van der Waals surface area contributed by atoms with Crippen molar-refractivity contribution in [2.75, 3.05) is 12.8 Å². The minimum Gasteiger partial charge on any atom is -0.490 e. The predicted octanol–water partition coefficient (Wildman–Crippen LogP) is 4.21. The fourth-order valence-electron chi connectivity index (χ4n) is 3.08. The molecule has 2 rings (SSSR count). The van der Waals surface area contributed by atoms with Crippen LogP contribution in [0.1, 0.15) is 50.5 Å². The molecule has 0 saturated heterocycles. The molecule has 0 bridgehead atoms. The summed E-state index contributed by atoms with van der Waals surface area (Å²) in [5, 5.41) is 0. The van der Waals surface area contributed by atoms with Crippen LogP contribution in [-0.4, -0.2) is 22.6 Å². The molecule has 1 saturated carbocycles. The zero-order chi connectivity index (χ0) is 17.0. The van der Waals surface area contributed by atoms with Crippen molar-refractivity contribution in [3.63, 3.8) is 0 Å². The lowest BCUT2D eigenvalue weighted by molar-refractivity contribution is 0.249. The van der Waals surface area contributed by atoms with E-state index in [1.165, 1.54) is 6.07 Å². The summed E-state index contributed by atoms with van der Waals surface area (Å²) in [7, 11) is -4.14. The molecule has 2 N–H and O–H groups in total. The van der Waals surface area contributed by atoms with Gasteiger partial charge in [-0.05, 0) is 30.4 Å². The Kier molecular flexibility index (Phi) is 6.18. The number of hydrogen-bond donors (Lipinski definition) is 2. The molecule has 4 nitrogen and oxygen atoms in total. The Morgan fingerprint density at radius 1 is 1.22 bits per heavy atom. The maximum atomic E-state index is 14.3. The Balaban J connectivity index is 2.03. The second kappa shape index (κ2) is 7.73. The van der Waals surface area contributed by atoms with E-state index in [4.69, 9.17) is 14.5 Å². The SMILES string of the molecule is C[C@H](COc1ccc(C2CCCCC2)c(F)c1F)CP(=O)(O)O. The van der Waals surface area contributed by atoms with Gasteiger partial charge in [0.25, 0.3) is 0 Å². The Bertz CT molecular complexity index is 582. The van der Waals surface area contributed by atoms with Crippen molar-refractivity contribution in [1.82, 2.24) is 0 Å². The van der Waals surface area contributed by atoms with E-state index in [-0.39, 0.29) is 24.4 Å². The molecule has 1 aliphatic carbocycles. The molecule has 130 valence electrons. The minimum absolute atomic E-state index is 0.0564. The summed E-state index contributed by atoms with van der Waals surface area (Å²) >= 11 is 0. The number of ether oxygens (including phenoxy) is 1.